The summed E-state index contributed by atoms with van der Waals surface area (Å²) in [6, 6.07) is 32.3. The topological polar surface area (TPSA) is 99.7 Å². The zero-order valence-electron chi connectivity index (χ0n) is 26.2. The van der Waals surface area contributed by atoms with Crippen LogP contribution >= 0.6 is 23.2 Å². The fraction of sp³-hybridized carbons (Fsp3) is 0.162. The van der Waals surface area contributed by atoms with Gasteiger partial charge in [0, 0.05) is 24.8 Å². The number of nitrogens with one attached hydrogen (secondary N) is 1. The highest BCUT2D eigenvalue weighted by atomic mass is 35.5. The number of carbonyl (C=O) groups excluding carboxylic acids is 2. The molecule has 0 aliphatic rings. The Morgan fingerprint density at radius 3 is 2.12 bits per heavy atom. The third-order valence-electron chi connectivity index (χ3n) is 7.63. The molecular formula is C37H34Cl2N4O4S. The van der Waals surface area contributed by atoms with Crippen molar-refractivity contribution < 1.29 is 18.0 Å². The number of para-hydroxylation sites is 1. The molecule has 48 heavy (non-hydrogen) atoms. The van der Waals surface area contributed by atoms with E-state index in [-0.39, 0.29) is 21.5 Å². The summed E-state index contributed by atoms with van der Waals surface area (Å²) in [4.78, 5) is 34.8. The summed E-state index contributed by atoms with van der Waals surface area (Å²) >= 11 is 12.7. The average molecular weight is 702 g/mol. The molecule has 5 aromatic rings. The first-order chi connectivity index (χ1) is 23.2. The molecule has 0 spiro atoms. The Bertz CT molecular complexity index is 1990. The van der Waals surface area contributed by atoms with Crippen LogP contribution in [0.1, 0.15) is 42.1 Å². The molecule has 5 rings (SSSR count). The highest BCUT2D eigenvalue weighted by Crippen LogP contribution is 2.33. The van der Waals surface area contributed by atoms with Crippen molar-refractivity contribution in [2.75, 3.05) is 11.4 Å². The predicted octanol–water partition coefficient (Wildman–Crippen LogP) is 9.12. The van der Waals surface area contributed by atoms with Crippen molar-refractivity contribution in [3.05, 3.63) is 143 Å². The molecule has 4 aromatic carbocycles. The quantitative estimate of drug-likeness (QED) is 0.131. The molecule has 1 aromatic heterocycles. The number of amides is 3. The van der Waals surface area contributed by atoms with E-state index >= 15 is 0 Å². The van der Waals surface area contributed by atoms with E-state index in [9.17, 15) is 18.0 Å². The molecule has 8 nitrogen and oxygen atoms in total. The van der Waals surface area contributed by atoms with Gasteiger partial charge in [0.15, 0.2) is 0 Å². The summed E-state index contributed by atoms with van der Waals surface area (Å²) in [5.41, 5.74) is 2.47. The number of pyridine rings is 1. The number of anilines is 2. The summed E-state index contributed by atoms with van der Waals surface area (Å²) in [7, 11) is -4.26. The lowest BCUT2D eigenvalue weighted by Gasteiger charge is -2.31. The van der Waals surface area contributed by atoms with Gasteiger partial charge in [-0.2, -0.15) is 0 Å². The summed E-state index contributed by atoms with van der Waals surface area (Å²) in [5.74, 6) is -0.374. The van der Waals surface area contributed by atoms with Gasteiger partial charge in [-0.05, 0) is 60.0 Å². The standard InChI is InChI=1S/C37H34Cl2N4O4S/c1-2-3-12-25-42(37(45)43(35-19-10-11-24-40-35)33-17-8-7-16-32(33)39)26-27-20-22-28(23-21-27)29-13-5-9-18-34(29)48(46,47)41-36(44)30-14-4-6-15-31(30)38/h4-11,13-24H,2-3,12,25-26H2,1H3,(H,41,44). The largest absolute Gasteiger partial charge is 0.330 e. The molecule has 1 heterocycles. The third kappa shape index (κ3) is 8.23. The van der Waals surface area contributed by atoms with Crippen molar-refractivity contribution in [1.82, 2.24) is 14.6 Å². The first-order valence-corrected chi connectivity index (χ1v) is 17.7. The van der Waals surface area contributed by atoms with Crippen LogP contribution in [0.5, 0.6) is 0 Å². The number of sulfonamides is 1. The number of nitrogens with zero attached hydrogens (tertiary/aromatic N) is 3. The SMILES string of the molecule is CCCCCN(Cc1ccc(-c2ccccc2S(=O)(=O)NC(=O)c2ccccc2Cl)cc1)C(=O)N(c1ccccn1)c1ccccc1Cl. The Hall–Kier alpha value is -4.70. The molecule has 0 saturated carbocycles. The fourth-order valence-electron chi connectivity index (χ4n) is 5.21. The number of halogens is 2. The molecule has 0 unspecified atom stereocenters. The molecule has 0 fully saturated rings. The van der Waals surface area contributed by atoms with Gasteiger partial charge in [-0.15, -0.1) is 0 Å². The van der Waals surface area contributed by atoms with Crippen LogP contribution in [0.4, 0.5) is 16.3 Å². The molecule has 0 saturated heterocycles. The average Bonchev–Trinajstić information content (AvgIpc) is 3.09. The third-order valence-corrected chi connectivity index (χ3v) is 9.66. The Morgan fingerprint density at radius 2 is 1.44 bits per heavy atom. The molecule has 0 aliphatic heterocycles. The lowest BCUT2D eigenvalue weighted by molar-refractivity contribution is 0.0981. The van der Waals surface area contributed by atoms with Crippen LogP contribution in [-0.2, 0) is 16.6 Å². The molecule has 3 amide bonds. The van der Waals surface area contributed by atoms with Gasteiger partial charge in [0.1, 0.15) is 5.82 Å². The van der Waals surface area contributed by atoms with Crippen LogP contribution in [0, 0.1) is 0 Å². The molecule has 0 bridgehead atoms. The highest BCUT2D eigenvalue weighted by Gasteiger charge is 2.27. The lowest BCUT2D eigenvalue weighted by atomic mass is 10.0. The number of benzene rings is 4. The van der Waals surface area contributed by atoms with Crippen molar-refractivity contribution in [3.8, 4) is 11.1 Å². The summed E-state index contributed by atoms with van der Waals surface area (Å²) in [6.45, 7) is 2.91. The number of hydrogen-bond acceptors (Lipinski definition) is 5. The maximum absolute atomic E-state index is 14.3. The molecule has 11 heteroatoms. The normalized spacial score (nSPS) is 11.1. The minimum Gasteiger partial charge on any atom is -0.320 e. The predicted molar refractivity (Wildman–Crippen MR) is 191 cm³/mol. The van der Waals surface area contributed by atoms with E-state index in [0.717, 1.165) is 24.8 Å². The maximum atomic E-state index is 14.3. The molecular weight excluding hydrogens is 667 g/mol. The van der Waals surface area contributed by atoms with Crippen LogP contribution < -0.4 is 9.62 Å². The van der Waals surface area contributed by atoms with Gasteiger partial charge in [0.2, 0.25) is 0 Å². The van der Waals surface area contributed by atoms with Gasteiger partial charge in [-0.3, -0.25) is 4.79 Å². The Balaban J connectivity index is 1.42. The fourth-order valence-corrected chi connectivity index (χ4v) is 6.85. The van der Waals surface area contributed by atoms with E-state index in [0.29, 0.717) is 40.7 Å². The van der Waals surface area contributed by atoms with Gasteiger partial charge in [-0.25, -0.2) is 27.8 Å². The zero-order chi connectivity index (χ0) is 34.1. The van der Waals surface area contributed by atoms with Gasteiger partial charge in [-0.1, -0.05) is 116 Å². The second-order valence-electron chi connectivity index (χ2n) is 11.0. The van der Waals surface area contributed by atoms with Crippen LogP contribution in [0.25, 0.3) is 11.1 Å². The summed E-state index contributed by atoms with van der Waals surface area (Å²) < 4.78 is 29.0. The minimum atomic E-state index is -4.26. The molecule has 1 N–H and O–H groups in total. The van der Waals surface area contributed by atoms with E-state index in [1.165, 1.54) is 23.1 Å². The van der Waals surface area contributed by atoms with Crippen molar-refractivity contribution in [2.45, 2.75) is 37.6 Å². The molecule has 246 valence electrons. The molecule has 0 atom stereocenters. The molecule has 0 aliphatic carbocycles. The van der Waals surface area contributed by atoms with Crippen LogP contribution in [0.15, 0.2) is 126 Å². The number of unbranched alkanes of at least 4 members (excludes halogenated alkanes) is 2. The first-order valence-electron chi connectivity index (χ1n) is 15.4. The van der Waals surface area contributed by atoms with Gasteiger partial charge >= 0.3 is 6.03 Å². The second-order valence-corrected chi connectivity index (χ2v) is 13.5. The zero-order valence-corrected chi connectivity index (χ0v) is 28.5. The van der Waals surface area contributed by atoms with Gasteiger partial charge in [0.25, 0.3) is 15.9 Å². The summed E-state index contributed by atoms with van der Waals surface area (Å²) in [5, 5.41) is 0.567. The minimum absolute atomic E-state index is 0.0544. The first kappa shape index (κ1) is 34.6. The number of hydrogen-bond donors (Lipinski definition) is 1. The molecule has 0 radical (unpaired) electrons. The monoisotopic (exact) mass is 700 g/mol. The number of urea groups is 1. The van der Waals surface area contributed by atoms with Crippen molar-refractivity contribution >= 4 is 56.7 Å². The van der Waals surface area contributed by atoms with E-state index in [1.807, 2.05) is 30.3 Å². The number of carbonyl (C=O) groups is 2. The van der Waals surface area contributed by atoms with Crippen LogP contribution in [0.2, 0.25) is 10.0 Å². The van der Waals surface area contributed by atoms with E-state index in [4.69, 9.17) is 23.2 Å². The van der Waals surface area contributed by atoms with Gasteiger partial charge < -0.3 is 4.90 Å². The Morgan fingerprint density at radius 1 is 0.771 bits per heavy atom. The smallest absolute Gasteiger partial charge is 0.320 e. The lowest BCUT2D eigenvalue weighted by Crippen LogP contribution is -2.41. The van der Waals surface area contributed by atoms with Crippen molar-refractivity contribution in [3.63, 3.8) is 0 Å². The summed E-state index contributed by atoms with van der Waals surface area (Å²) in [6.07, 6.45) is 4.39. The van der Waals surface area contributed by atoms with Crippen molar-refractivity contribution in [1.29, 1.82) is 0 Å². The van der Waals surface area contributed by atoms with Crippen LogP contribution in [0.3, 0.4) is 0 Å². The number of rotatable bonds is 12. The Kier molecular flexibility index (Phi) is 11.5. The second kappa shape index (κ2) is 15.9. The maximum Gasteiger partial charge on any atom is 0.330 e. The van der Waals surface area contributed by atoms with E-state index in [2.05, 4.69) is 16.6 Å². The highest BCUT2D eigenvalue weighted by molar-refractivity contribution is 7.90. The van der Waals surface area contributed by atoms with Crippen LogP contribution in [-0.4, -0.2) is 36.8 Å². The van der Waals surface area contributed by atoms with Crippen molar-refractivity contribution in [2.24, 2.45) is 0 Å². The van der Waals surface area contributed by atoms with E-state index in [1.54, 1.807) is 77.8 Å². The number of aromatic nitrogens is 1. The van der Waals surface area contributed by atoms with E-state index < -0.39 is 15.9 Å². The van der Waals surface area contributed by atoms with Gasteiger partial charge in [0.05, 0.1) is 26.2 Å². The Labute approximate surface area is 291 Å².